The third-order valence-electron chi connectivity index (χ3n) is 4.26. The Hall–Kier alpha value is -1.84. The van der Waals surface area contributed by atoms with Crippen molar-refractivity contribution < 1.29 is 19.5 Å². The molecule has 1 fully saturated rings. The number of fused-ring (bicyclic) bond motifs is 1. The molecule has 0 unspecified atom stereocenters. The van der Waals surface area contributed by atoms with E-state index in [0.29, 0.717) is 17.0 Å². The molecular weight excluding hydrogens is 392 g/mol. The Morgan fingerprint density at radius 1 is 1.31 bits per heavy atom. The summed E-state index contributed by atoms with van der Waals surface area (Å²) in [6, 6.07) is 6.02. The van der Waals surface area contributed by atoms with Crippen molar-refractivity contribution >= 4 is 69.1 Å². The van der Waals surface area contributed by atoms with Crippen LogP contribution in [0, 0.1) is 0 Å². The first-order valence-corrected chi connectivity index (χ1v) is 10.4. The molecule has 6 nitrogen and oxygen atoms in total. The Morgan fingerprint density at radius 3 is 2.65 bits per heavy atom. The third-order valence-corrected chi connectivity index (χ3v) is 6.30. The topological polar surface area (TPSA) is 80.7 Å². The highest BCUT2D eigenvalue weighted by molar-refractivity contribution is 8.26. The molecule has 0 aromatic heterocycles. The lowest BCUT2D eigenvalue weighted by molar-refractivity contribution is -0.310. The van der Waals surface area contributed by atoms with E-state index >= 15 is 0 Å². The number of likely N-dealkylation sites (N-methyl/N-ethyl adjacent to an activating group) is 1. The van der Waals surface area contributed by atoms with E-state index in [4.69, 9.17) is 12.2 Å². The van der Waals surface area contributed by atoms with Crippen molar-refractivity contribution in [1.82, 2.24) is 4.90 Å². The van der Waals surface area contributed by atoms with Crippen molar-refractivity contribution in [3.05, 3.63) is 34.7 Å². The van der Waals surface area contributed by atoms with Crippen LogP contribution in [0.1, 0.15) is 12.0 Å². The zero-order valence-electron chi connectivity index (χ0n) is 14.1. The fraction of sp³-hybridized carbons (Fsp3) is 0.294. The first kappa shape index (κ1) is 18.9. The van der Waals surface area contributed by atoms with Crippen molar-refractivity contribution in [2.45, 2.75) is 12.5 Å². The minimum absolute atomic E-state index is 0.132. The molecule has 2 amide bonds. The van der Waals surface area contributed by atoms with Gasteiger partial charge in [-0.2, -0.15) is 11.8 Å². The number of nitrogens with zero attached hydrogens (tertiary/aromatic N) is 2. The van der Waals surface area contributed by atoms with Crippen LogP contribution in [0.4, 0.5) is 5.69 Å². The summed E-state index contributed by atoms with van der Waals surface area (Å²) in [5.74, 6) is -1.66. The molecule has 2 aliphatic heterocycles. The average molecular weight is 408 g/mol. The zero-order chi connectivity index (χ0) is 19.0. The van der Waals surface area contributed by atoms with Gasteiger partial charge in [0.05, 0.1) is 28.2 Å². The maximum atomic E-state index is 13.0. The van der Waals surface area contributed by atoms with E-state index < -0.39 is 17.9 Å². The van der Waals surface area contributed by atoms with Gasteiger partial charge >= 0.3 is 0 Å². The molecule has 0 bridgehead atoms. The fourth-order valence-electron chi connectivity index (χ4n) is 2.97. The Bertz CT molecular complexity index is 852. The molecule has 26 heavy (non-hydrogen) atoms. The second kappa shape index (κ2) is 7.42. The number of anilines is 1. The monoisotopic (exact) mass is 407 g/mol. The summed E-state index contributed by atoms with van der Waals surface area (Å²) in [5.41, 5.74) is 1.62. The predicted octanol–water partition coefficient (Wildman–Crippen LogP) is 1.11. The van der Waals surface area contributed by atoms with Crippen molar-refractivity contribution in [2.75, 3.05) is 24.0 Å². The van der Waals surface area contributed by atoms with Crippen LogP contribution in [0.2, 0.25) is 0 Å². The summed E-state index contributed by atoms with van der Waals surface area (Å²) in [6.45, 7) is 0. The van der Waals surface area contributed by atoms with E-state index in [9.17, 15) is 19.5 Å². The minimum atomic E-state index is -1.35. The molecule has 1 saturated heterocycles. The Morgan fingerprint density at radius 2 is 2.00 bits per heavy atom. The number of hydrogen-bond acceptors (Lipinski definition) is 7. The summed E-state index contributed by atoms with van der Waals surface area (Å²) >= 11 is 7.70. The molecule has 9 heteroatoms. The van der Waals surface area contributed by atoms with Crippen LogP contribution in [0.3, 0.4) is 0 Å². The van der Waals surface area contributed by atoms with Crippen molar-refractivity contribution in [1.29, 1.82) is 0 Å². The van der Waals surface area contributed by atoms with E-state index in [0.717, 1.165) is 16.7 Å². The number of hydrogen-bond donors (Lipinski definition) is 0. The molecule has 136 valence electrons. The summed E-state index contributed by atoms with van der Waals surface area (Å²) in [5, 5.41) is 11.6. The lowest BCUT2D eigenvalue weighted by Gasteiger charge is -2.27. The van der Waals surface area contributed by atoms with E-state index in [1.54, 1.807) is 25.2 Å². The zero-order valence-corrected chi connectivity index (χ0v) is 16.5. The van der Waals surface area contributed by atoms with Crippen molar-refractivity contribution in [2.24, 2.45) is 0 Å². The summed E-state index contributed by atoms with van der Waals surface area (Å²) in [6.07, 6.45) is 2.07. The SMILES string of the molecule is CSCC[C@H](C(=O)[O-])N1C(=O)/C(=C2/C(=O)N(C)c3ccccc32)SC1=S. The van der Waals surface area contributed by atoms with Crippen LogP contribution < -0.4 is 10.0 Å². The average Bonchev–Trinajstić information content (AvgIpc) is 3.03. The van der Waals surface area contributed by atoms with Crippen molar-refractivity contribution in [3.63, 3.8) is 0 Å². The number of carbonyl (C=O) groups excluding carboxylic acids is 3. The van der Waals surface area contributed by atoms with Gasteiger partial charge in [-0.1, -0.05) is 42.2 Å². The van der Waals surface area contributed by atoms with Gasteiger partial charge in [0.25, 0.3) is 11.8 Å². The molecular formula is C17H15N2O4S3-. The standard InChI is InChI=1S/C17H16N2O4S3/c1-18-10-6-4-3-5-9(10)12(14(18)20)13-15(21)19(17(24)26-13)11(16(22)23)7-8-25-2/h3-6,11H,7-8H2,1-2H3,(H,22,23)/p-1/b13-12-/t11-/m1/s1. The van der Waals surface area contributed by atoms with Gasteiger partial charge in [0.2, 0.25) is 0 Å². The Kier molecular flexibility index (Phi) is 5.40. The van der Waals surface area contributed by atoms with E-state index in [1.165, 1.54) is 16.7 Å². The molecule has 1 aromatic rings. The van der Waals surface area contributed by atoms with E-state index in [2.05, 4.69) is 0 Å². The first-order valence-electron chi connectivity index (χ1n) is 7.75. The molecule has 0 aliphatic carbocycles. The molecule has 2 aliphatic rings. The van der Waals surface area contributed by atoms with Gasteiger partial charge in [0.15, 0.2) is 0 Å². The molecule has 2 heterocycles. The molecule has 1 aromatic carbocycles. The molecule has 0 N–H and O–H groups in total. The quantitative estimate of drug-likeness (QED) is 0.534. The van der Waals surface area contributed by atoms with Crippen LogP contribution >= 0.6 is 35.7 Å². The number of thiocarbonyl (C=S) groups is 1. The molecule has 3 rings (SSSR count). The highest BCUT2D eigenvalue weighted by Gasteiger charge is 2.43. The maximum absolute atomic E-state index is 13.0. The maximum Gasteiger partial charge on any atom is 0.267 e. The minimum Gasteiger partial charge on any atom is -0.548 e. The Balaban J connectivity index is 2.05. The predicted molar refractivity (Wildman–Crippen MR) is 106 cm³/mol. The van der Waals surface area contributed by atoms with Crippen molar-refractivity contribution in [3.8, 4) is 0 Å². The molecule has 0 radical (unpaired) electrons. The number of rotatable bonds is 5. The van der Waals surface area contributed by atoms with Crippen LogP contribution in [0.5, 0.6) is 0 Å². The lowest BCUT2D eigenvalue weighted by Crippen LogP contribution is -2.50. The lowest BCUT2D eigenvalue weighted by atomic mass is 10.1. The third kappa shape index (κ3) is 3.04. The summed E-state index contributed by atoms with van der Waals surface area (Å²) < 4.78 is 0.132. The summed E-state index contributed by atoms with van der Waals surface area (Å²) in [7, 11) is 1.64. The fourth-order valence-corrected chi connectivity index (χ4v) is 4.86. The summed E-state index contributed by atoms with van der Waals surface area (Å²) in [4.78, 5) is 39.9. The van der Waals surface area contributed by atoms with Gasteiger partial charge < -0.3 is 14.8 Å². The first-order chi connectivity index (χ1) is 12.4. The van der Waals surface area contributed by atoms with Crippen LogP contribution in [-0.4, -0.2) is 52.1 Å². The number of amides is 2. The number of benzene rings is 1. The van der Waals surface area contributed by atoms with E-state index in [1.807, 2.05) is 12.3 Å². The smallest absolute Gasteiger partial charge is 0.267 e. The van der Waals surface area contributed by atoms with E-state index in [-0.39, 0.29) is 27.1 Å². The number of carboxylic acid groups (broad SMARTS) is 1. The Labute approximate surface area is 164 Å². The van der Waals surface area contributed by atoms with Gasteiger partial charge in [-0.15, -0.1) is 0 Å². The van der Waals surface area contributed by atoms with Crippen LogP contribution in [0.25, 0.3) is 5.57 Å². The van der Waals surface area contributed by atoms with Gasteiger partial charge in [0, 0.05) is 12.6 Å². The number of para-hydroxylation sites is 1. The second-order valence-electron chi connectivity index (χ2n) is 5.74. The number of aliphatic carboxylic acids is 1. The number of carbonyl (C=O) groups is 3. The molecule has 1 atom stereocenters. The van der Waals surface area contributed by atoms with Gasteiger partial charge in [0.1, 0.15) is 4.32 Å². The number of thioether (sulfide) groups is 2. The van der Waals surface area contributed by atoms with Crippen LogP contribution in [0.15, 0.2) is 29.2 Å². The number of carboxylic acids is 1. The normalized spacial score (nSPS) is 20.8. The molecule has 0 spiro atoms. The highest BCUT2D eigenvalue weighted by atomic mass is 32.2. The second-order valence-corrected chi connectivity index (χ2v) is 8.37. The molecule has 0 saturated carbocycles. The van der Waals surface area contributed by atoms with Gasteiger partial charge in [-0.25, -0.2) is 0 Å². The van der Waals surface area contributed by atoms with Gasteiger partial charge in [-0.3, -0.25) is 14.5 Å². The van der Waals surface area contributed by atoms with Crippen LogP contribution in [-0.2, 0) is 14.4 Å². The van der Waals surface area contributed by atoms with Gasteiger partial charge in [-0.05, 0) is 24.5 Å². The highest BCUT2D eigenvalue weighted by Crippen LogP contribution is 2.44. The largest absolute Gasteiger partial charge is 0.548 e.